The molecule has 0 spiro atoms. The summed E-state index contributed by atoms with van der Waals surface area (Å²) in [6.45, 7) is 4.00. The summed E-state index contributed by atoms with van der Waals surface area (Å²) in [6.07, 6.45) is 0.625. The van der Waals surface area contributed by atoms with E-state index in [0.717, 1.165) is 5.56 Å². The zero-order valence-electron chi connectivity index (χ0n) is 12.1. The molecule has 1 rings (SSSR count). The van der Waals surface area contributed by atoms with E-state index < -0.39 is 9.84 Å². The lowest BCUT2D eigenvalue weighted by Crippen LogP contribution is -2.17. The fraction of sp³-hybridized carbons (Fsp3) is 0.571. The first-order chi connectivity index (χ1) is 9.39. The molecule has 1 aromatic rings. The largest absolute Gasteiger partial charge is 0.491 e. The van der Waals surface area contributed by atoms with E-state index in [1.807, 2.05) is 33.0 Å². The molecule has 0 aromatic heterocycles. The minimum atomic E-state index is -3.02. The number of hydrogen-bond donors (Lipinski definition) is 1. The van der Waals surface area contributed by atoms with Crippen molar-refractivity contribution in [2.75, 3.05) is 25.2 Å². The number of sulfone groups is 1. The van der Waals surface area contributed by atoms with Crippen molar-refractivity contribution in [1.29, 1.82) is 0 Å². The Morgan fingerprint density at radius 3 is 2.60 bits per heavy atom. The minimum absolute atomic E-state index is 0.0197. The smallest absolute Gasteiger partial charge is 0.153 e. The van der Waals surface area contributed by atoms with Gasteiger partial charge in [0.15, 0.2) is 9.84 Å². The van der Waals surface area contributed by atoms with E-state index in [-0.39, 0.29) is 24.2 Å². The second-order valence-corrected chi connectivity index (χ2v) is 7.41. The lowest BCUT2D eigenvalue weighted by Gasteiger charge is -2.13. The summed E-state index contributed by atoms with van der Waals surface area (Å²) in [6, 6.07) is 5.73. The molecule has 0 saturated heterocycles. The van der Waals surface area contributed by atoms with Crippen LogP contribution in [0.4, 0.5) is 0 Å². The molecule has 0 aliphatic heterocycles. The van der Waals surface area contributed by atoms with E-state index in [1.165, 1.54) is 0 Å². The van der Waals surface area contributed by atoms with Crippen LogP contribution in [0.3, 0.4) is 0 Å². The van der Waals surface area contributed by atoms with Crippen molar-refractivity contribution in [2.24, 2.45) is 0 Å². The first kappa shape index (κ1) is 17.3. The number of benzene rings is 1. The van der Waals surface area contributed by atoms with Crippen molar-refractivity contribution in [3.8, 4) is 5.75 Å². The van der Waals surface area contributed by atoms with Gasteiger partial charge in [0.2, 0.25) is 0 Å². The zero-order valence-corrected chi connectivity index (χ0v) is 13.7. The van der Waals surface area contributed by atoms with Crippen molar-refractivity contribution in [2.45, 2.75) is 26.3 Å². The molecule has 0 saturated carbocycles. The van der Waals surface area contributed by atoms with Gasteiger partial charge < -0.3 is 10.1 Å². The maximum Gasteiger partial charge on any atom is 0.153 e. The van der Waals surface area contributed by atoms with Crippen LogP contribution in [0.5, 0.6) is 5.75 Å². The highest BCUT2D eigenvalue weighted by Crippen LogP contribution is 2.27. The van der Waals surface area contributed by atoms with Gasteiger partial charge in [-0.3, -0.25) is 0 Å². The molecule has 20 heavy (non-hydrogen) atoms. The first-order valence-corrected chi connectivity index (χ1v) is 8.89. The Bertz CT molecular complexity index is 531. The third-order valence-electron chi connectivity index (χ3n) is 3.06. The van der Waals surface area contributed by atoms with Gasteiger partial charge >= 0.3 is 0 Å². The van der Waals surface area contributed by atoms with Gasteiger partial charge in [-0.2, -0.15) is 0 Å². The van der Waals surface area contributed by atoms with Gasteiger partial charge in [-0.05, 0) is 38.1 Å². The average molecular weight is 320 g/mol. The second kappa shape index (κ2) is 7.86. The molecule has 0 fully saturated rings. The summed E-state index contributed by atoms with van der Waals surface area (Å²) in [4.78, 5) is 0. The van der Waals surface area contributed by atoms with Crippen molar-refractivity contribution in [1.82, 2.24) is 5.32 Å². The molecule has 1 N–H and O–H groups in total. The van der Waals surface area contributed by atoms with Crippen LogP contribution in [0.2, 0.25) is 5.02 Å². The molecule has 0 aliphatic rings. The molecular weight excluding hydrogens is 298 g/mol. The second-order valence-electron chi connectivity index (χ2n) is 4.70. The highest BCUT2D eigenvalue weighted by atomic mass is 35.5. The molecular formula is C14H22ClNO3S. The molecule has 1 aromatic carbocycles. The van der Waals surface area contributed by atoms with E-state index in [9.17, 15) is 8.42 Å². The monoisotopic (exact) mass is 319 g/mol. The molecule has 0 radical (unpaired) electrons. The fourth-order valence-corrected chi connectivity index (χ4v) is 3.17. The molecule has 0 bridgehead atoms. The Labute approximate surface area is 126 Å². The summed E-state index contributed by atoms with van der Waals surface area (Å²) >= 11 is 6.14. The van der Waals surface area contributed by atoms with Gasteiger partial charge in [0.05, 0.1) is 16.5 Å². The summed E-state index contributed by atoms with van der Waals surface area (Å²) < 4.78 is 28.6. The quantitative estimate of drug-likeness (QED) is 0.800. The summed E-state index contributed by atoms with van der Waals surface area (Å²) in [5.74, 6) is 0.736. The molecule has 4 nitrogen and oxygen atoms in total. The lowest BCUT2D eigenvalue weighted by atomic mass is 10.1. The van der Waals surface area contributed by atoms with E-state index in [2.05, 4.69) is 5.32 Å². The average Bonchev–Trinajstić information content (AvgIpc) is 2.39. The van der Waals surface area contributed by atoms with Crippen molar-refractivity contribution in [3.63, 3.8) is 0 Å². The minimum Gasteiger partial charge on any atom is -0.491 e. The van der Waals surface area contributed by atoms with Crippen LogP contribution >= 0.6 is 11.6 Å². The number of nitrogens with one attached hydrogen (secondary N) is 1. The molecule has 1 atom stereocenters. The number of halogens is 1. The number of ether oxygens (including phenoxy) is 1. The van der Waals surface area contributed by atoms with E-state index in [4.69, 9.17) is 16.3 Å². The van der Waals surface area contributed by atoms with Gasteiger partial charge in [-0.25, -0.2) is 8.42 Å². The molecule has 114 valence electrons. The van der Waals surface area contributed by atoms with Crippen LogP contribution in [0.1, 0.15) is 31.9 Å². The predicted molar refractivity (Wildman–Crippen MR) is 83.4 cm³/mol. The fourth-order valence-electron chi connectivity index (χ4n) is 1.76. The van der Waals surface area contributed by atoms with Crippen LogP contribution in [-0.2, 0) is 9.84 Å². The van der Waals surface area contributed by atoms with Gasteiger partial charge in [-0.1, -0.05) is 24.6 Å². The summed E-state index contributed by atoms with van der Waals surface area (Å²) in [7, 11) is -1.14. The Morgan fingerprint density at radius 1 is 1.35 bits per heavy atom. The van der Waals surface area contributed by atoms with Gasteiger partial charge in [-0.15, -0.1) is 0 Å². The van der Waals surface area contributed by atoms with E-state index in [1.54, 1.807) is 6.07 Å². The van der Waals surface area contributed by atoms with Crippen LogP contribution in [0.25, 0.3) is 0 Å². The Morgan fingerprint density at radius 2 is 2.05 bits per heavy atom. The Kier molecular flexibility index (Phi) is 6.79. The standard InChI is InChI=1S/C14H22ClNO3S/c1-4-8-20(17,18)9-7-19-14-6-5-12(10-13(14)15)11(2)16-3/h5-6,10-11,16H,4,7-9H2,1-3H3. The molecule has 6 heteroatoms. The SMILES string of the molecule is CCCS(=O)(=O)CCOc1ccc(C(C)NC)cc1Cl. The molecule has 0 aliphatic carbocycles. The maximum atomic E-state index is 11.6. The van der Waals surface area contributed by atoms with Crippen molar-refractivity contribution < 1.29 is 13.2 Å². The summed E-state index contributed by atoms with van der Waals surface area (Å²) in [5.41, 5.74) is 1.06. The highest BCUT2D eigenvalue weighted by molar-refractivity contribution is 7.91. The molecule has 1 unspecified atom stereocenters. The van der Waals surface area contributed by atoms with Gasteiger partial charge in [0.25, 0.3) is 0 Å². The van der Waals surface area contributed by atoms with E-state index >= 15 is 0 Å². The zero-order chi connectivity index (χ0) is 15.2. The lowest BCUT2D eigenvalue weighted by molar-refractivity contribution is 0.341. The van der Waals surface area contributed by atoms with Gasteiger partial charge in [0.1, 0.15) is 12.4 Å². The molecule has 0 heterocycles. The summed E-state index contributed by atoms with van der Waals surface area (Å²) in [5, 5.41) is 3.62. The van der Waals surface area contributed by atoms with Crippen LogP contribution < -0.4 is 10.1 Å². The molecule has 0 amide bonds. The Balaban J connectivity index is 2.61. The Hall–Kier alpha value is -0.780. The predicted octanol–water partition coefficient (Wildman–Crippen LogP) is 2.82. The number of hydrogen-bond acceptors (Lipinski definition) is 4. The first-order valence-electron chi connectivity index (χ1n) is 6.69. The maximum absolute atomic E-state index is 11.6. The normalized spacial score (nSPS) is 13.2. The number of rotatable bonds is 8. The van der Waals surface area contributed by atoms with Crippen LogP contribution in [-0.4, -0.2) is 33.6 Å². The third kappa shape index (κ3) is 5.31. The van der Waals surface area contributed by atoms with Crippen LogP contribution in [0, 0.1) is 0 Å². The van der Waals surface area contributed by atoms with Crippen molar-refractivity contribution in [3.05, 3.63) is 28.8 Å². The van der Waals surface area contributed by atoms with Gasteiger partial charge in [0, 0.05) is 6.04 Å². The third-order valence-corrected chi connectivity index (χ3v) is 5.17. The van der Waals surface area contributed by atoms with Crippen LogP contribution in [0.15, 0.2) is 18.2 Å². The highest BCUT2D eigenvalue weighted by Gasteiger charge is 2.11. The van der Waals surface area contributed by atoms with Crippen molar-refractivity contribution >= 4 is 21.4 Å². The van der Waals surface area contributed by atoms with E-state index in [0.29, 0.717) is 17.2 Å². The topological polar surface area (TPSA) is 55.4 Å².